The third-order valence-electron chi connectivity index (χ3n) is 2.62. The van der Waals surface area contributed by atoms with E-state index in [0.717, 1.165) is 0 Å². The molecule has 0 atom stereocenters. The van der Waals surface area contributed by atoms with Crippen LogP contribution in [0.15, 0.2) is 39.5 Å². The molecular formula is C14H11FN2O3. The van der Waals surface area contributed by atoms with Gasteiger partial charge in [-0.05, 0) is 24.3 Å². The van der Waals surface area contributed by atoms with E-state index in [1.165, 1.54) is 30.3 Å². The lowest BCUT2D eigenvalue weighted by atomic mass is 10.1. The Morgan fingerprint density at radius 2 is 2.05 bits per heavy atom. The van der Waals surface area contributed by atoms with Gasteiger partial charge in [0.25, 0.3) is 0 Å². The predicted molar refractivity (Wildman–Crippen MR) is 70.7 cm³/mol. The van der Waals surface area contributed by atoms with Crippen LogP contribution >= 0.6 is 0 Å². The Kier molecular flexibility index (Phi) is 4.13. The molecule has 2 N–H and O–H groups in total. The molecule has 0 fully saturated rings. The van der Waals surface area contributed by atoms with Crippen molar-refractivity contribution in [1.82, 2.24) is 0 Å². The molecule has 1 heterocycles. The molecule has 0 aliphatic carbocycles. The summed E-state index contributed by atoms with van der Waals surface area (Å²) in [4.78, 5) is 11.7. The maximum atomic E-state index is 12.9. The smallest absolute Gasteiger partial charge is 0.356 e. The summed E-state index contributed by atoms with van der Waals surface area (Å²) >= 11 is 0. The summed E-state index contributed by atoms with van der Waals surface area (Å²) in [5, 5.41) is 20.5. The normalized spacial score (nSPS) is 10.1. The largest absolute Gasteiger partial charge is 0.422 e. The average molecular weight is 274 g/mol. The van der Waals surface area contributed by atoms with Crippen LogP contribution in [0.1, 0.15) is 5.56 Å². The SMILES string of the molecule is N#Cc1c(NCCO)cc(-c2ccc(F)cc2)oc1=O. The number of hydrogen-bond acceptors (Lipinski definition) is 5. The van der Waals surface area contributed by atoms with Crippen LogP contribution in [0.4, 0.5) is 10.1 Å². The van der Waals surface area contributed by atoms with Gasteiger partial charge >= 0.3 is 5.63 Å². The minimum Gasteiger partial charge on any atom is -0.422 e. The third kappa shape index (κ3) is 2.84. The van der Waals surface area contributed by atoms with Crippen LogP contribution in [0.3, 0.4) is 0 Å². The van der Waals surface area contributed by atoms with E-state index in [-0.39, 0.29) is 30.2 Å². The van der Waals surface area contributed by atoms with Gasteiger partial charge in [-0.25, -0.2) is 9.18 Å². The van der Waals surface area contributed by atoms with Gasteiger partial charge in [0.1, 0.15) is 17.6 Å². The second-order valence-corrected chi connectivity index (χ2v) is 3.96. The number of halogens is 1. The third-order valence-corrected chi connectivity index (χ3v) is 2.62. The molecule has 0 saturated carbocycles. The van der Waals surface area contributed by atoms with E-state index >= 15 is 0 Å². The van der Waals surface area contributed by atoms with Gasteiger partial charge in [0, 0.05) is 18.2 Å². The molecule has 0 amide bonds. The predicted octanol–water partition coefficient (Wildman–Crippen LogP) is 1.72. The van der Waals surface area contributed by atoms with Crippen LogP contribution in [0.2, 0.25) is 0 Å². The Labute approximate surface area is 113 Å². The van der Waals surface area contributed by atoms with Gasteiger partial charge in [-0.15, -0.1) is 0 Å². The molecule has 1 aromatic heterocycles. The summed E-state index contributed by atoms with van der Waals surface area (Å²) in [6.07, 6.45) is 0. The maximum Gasteiger partial charge on any atom is 0.356 e. The first-order valence-corrected chi connectivity index (χ1v) is 5.84. The molecule has 20 heavy (non-hydrogen) atoms. The highest BCUT2D eigenvalue weighted by Gasteiger charge is 2.12. The topological polar surface area (TPSA) is 86.3 Å². The minimum absolute atomic E-state index is 0.142. The Bertz CT molecular complexity index is 702. The second-order valence-electron chi connectivity index (χ2n) is 3.96. The lowest BCUT2D eigenvalue weighted by Gasteiger charge is -2.08. The van der Waals surface area contributed by atoms with Crippen molar-refractivity contribution in [2.24, 2.45) is 0 Å². The van der Waals surface area contributed by atoms with Crippen molar-refractivity contribution in [3.8, 4) is 17.4 Å². The van der Waals surface area contributed by atoms with Crippen LogP contribution in [0, 0.1) is 17.1 Å². The standard InChI is InChI=1S/C14H11FN2O3/c15-10-3-1-9(2-4-10)13-7-12(17-5-6-18)11(8-16)14(19)20-13/h1-4,7,17-18H,5-6H2. The summed E-state index contributed by atoms with van der Waals surface area (Å²) in [6, 6.07) is 8.65. The molecule has 5 nitrogen and oxygen atoms in total. The lowest BCUT2D eigenvalue weighted by Crippen LogP contribution is -2.13. The summed E-state index contributed by atoms with van der Waals surface area (Å²) < 4.78 is 17.9. The zero-order valence-corrected chi connectivity index (χ0v) is 10.4. The lowest BCUT2D eigenvalue weighted by molar-refractivity contribution is 0.311. The Balaban J connectivity index is 2.50. The van der Waals surface area contributed by atoms with Crippen molar-refractivity contribution in [3.63, 3.8) is 0 Å². The van der Waals surface area contributed by atoms with E-state index in [2.05, 4.69) is 5.32 Å². The van der Waals surface area contributed by atoms with Gasteiger partial charge in [0.2, 0.25) is 0 Å². The first-order valence-electron chi connectivity index (χ1n) is 5.84. The Morgan fingerprint density at radius 1 is 1.35 bits per heavy atom. The highest BCUT2D eigenvalue weighted by atomic mass is 19.1. The van der Waals surface area contributed by atoms with E-state index in [1.54, 1.807) is 6.07 Å². The van der Waals surface area contributed by atoms with Crippen molar-refractivity contribution in [3.05, 3.63) is 52.1 Å². The highest BCUT2D eigenvalue weighted by molar-refractivity contribution is 5.66. The van der Waals surface area contributed by atoms with Crippen molar-refractivity contribution >= 4 is 5.69 Å². The van der Waals surface area contributed by atoms with E-state index in [4.69, 9.17) is 14.8 Å². The molecule has 0 aliphatic rings. The maximum absolute atomic E-state index is 12.9. The van der Waals surface area contributed by atoms with Crippen LogP contribution in [-0.2, 0) is 0 Å². The van der Waals surface area contributed by atoms with E-state index in [1.807, 2.05) is 0 Å². The molecule has 0 unspecified atom stereocenters. The van der Waals surface area contributed by atoms with E-state index < -0.39 is 11.4 Å². The van der Waals surface area contributed by atoms with Gasteiger partial charge in [0.15, 0.2) is 5.56 Å². The molecule has 2 rings (SSSR count). The summed E-state index contributed by atoms with van der Waals surface area (Å²) in [6.45, 7) is 0.0535. The second kappa shape index (κ2) is 5.99. The minimum atomic E-state index is -0.783. The molecule has 0 spiro atoms. The van der Waals surface area contributed by atoms with Gasteiger partial charge in [0.05, 0.1) is 12.3 Å². The van der Waals surface area contributed by atoms with Gasteiger partial charge in [-0.2, -0.15) is 5.26 Å². The number of aliphatic hydroxyl groups excluding tert-OH is 1. The number of aliphatic hydroxyl groups is 1. The zero-order chi connectivity index (χ0) is 14.5. The summed E-state index contributed by atoms with van der Waals surface area (Å²) in [5.41, 5.74) is -0.156. The number of nitrogens with one attached hydrogen (secondary N) is 1. The molecule has 0 bridgehead atoms. The van der Waals surface area contributed by atoms with E-state index in [0.29, 0.717) is 5.56 Å². The Morgan fingerprint density at radius 3 is 2.65 bits per heavy atom. The quantitative estimate of drug-likeness (QED) is 0.886. The van der Waals surface area contributed by atoms with Crippen molar-refractivity contribution in [2.75, 3.05) is 18.5 Å². The van der Waals surface area contributed by atoms with Gasteiger partial charge < -0.3 is 14.8 Å². The van der Waals surface area contributed by atoms with Crippen molar-refractivity contribution < 1.29 is 13.9 Å². The molecule has 0 radical (unpaired) electrons. The van der Waals surface area contributed by atoms with Gasteiger partial charge in [-0.1, -0.05) is 0 Å². The summed E-state index contributed by atoms with van der Waals surface area (Å²) in [5.74, 6) is -0.183. The van der Waals surface area contributed by atoms with E-state index in [9.17, 15) is 9.18 Å². The Hall–Kier alpha value is -2.65. The van der Waals surface area contributed by atoms with Gasteiger partial charge in [-0.3, -0.25) is 0 Å². The number of nitrogens with zero attached hydrogens (tertiary/aromatic N) is 1. The fourth-order valence-electron chi connectivity index (χ4n) is 1.69. The number of nitriles is 1. The molecule has 0 aliphatic heterocycles. The molecule has 1 aromatic carbocycles. The fraction of sp³-hybridized carbons (Fsp3) is 0.143. The van der Waals surface area contributed by atoms with Crippen molar-refractivity contribution in [2.45, 2.75) is 0 Å². The van der Waals surface area contributed by atoms with Crippen LogP contribution in [0.5, 0.6) is 0 Å². The van der Waals surface area contributed by atoms with Crippen LogP contribution in [0.25, 0.3) is 11.3 Å². The molecule has 2 aromatic rings. The fourth-order valence-corrected chi connectivity index (χ4v) is 1.69. The summed E-state index contributed by atoms with van der Waals surface area (Å²) in [7, 11) is 0. The van der Waals surface area contributed by atoms with Crippen LogP contribution in [-0.4, -0.2) is 18.3 Å². The molecule has 0 saturated heterocycles. The highest BCUT2D eigenvalue weighted by Crippen LogP contribution is 2.23. The molecular weight excluding hydrogens is 263 g/mol. The number of rotatable bonds is 4. The average Bonchev–Trinajstić information content (AvgIpc) is 2.45. The monoisotopic (exact) mass is 274 g/mol. The van der Waals surface area contributed by atoms with Crippen molar-refractivity contribution in [1.29, 1.82) is 5.26 Å². The van der Waals surface area contributed by atoms with Crippen LogP contribution < -0.4 is 10.9 Å². The number of anilines is 1. The molecule has 102 valence electrons. The number of hydrogen-bond donors (Lipinski definition) is 2. The first kappa shape index (κ1) is 13.8. The zero-order valence-electron chi connectivity index (χ0n) is 10.4. The first-order chi connectivity index (χ1) is 9.65. The molecule has 6 heteroatoms. The number of benzene rings is 1.